The number of ether oxygens (including phenoxy) is 1. The zero-order chi connectivity index (χ0) is 22.4. The summed E-state index contributed by atoms with van der Waals surface area (Å²) in [5.41, 5.74) is 2.89. The van der Waals surface area contributed by atoms with Crippen molar-refractivity contribution in [1.29, 1.82) is 0 Å². The highest BCUT2D eigenvalue weighted by atomic mass is 32.2. The summed E-state index contributed by atoms with van der Waals surface area (Å²) in [6.07, 6.45) is -0.167. The van der Waals surface area contributed by atoms with E-state index in [9.17, 15) is 13.2 Å². The van der Waals surface area contributed by atoms with Crippen molar-refractivity contribution in [2.45, 2.75) is 38.2 Å². The Morgan fingerprint density at radius 1 is 0.935 bits per heavy atom. The number of amides is 1. The second-order valence-corrected chi connectivity index (χ2v) is 8.95. The number of rotatable bonds is 8. The lowest BCUT2D eigenvalue weighted by Crippen LogP contribution is -2.32. The van der Waals surface area contributed by atoms with E-state index in [0.717, 1.165) is 11.1 Å². The molecule has 3 aromatic rings. The fraction of sp³-hybridized carbons (Fsp3) is 0.208. The molecule has 0 saturated carbocycles. The van der Waals surface area contributed by atoms with E-state index in [2.05, 4.69) is 10.0 Å². The van der Waals surface area contributed by atoms with Crippen molar-refractivity contribution in [2.24, 2.45) is 0 Å². The largest absolute Gasteiger partial charge is 0.480 e. The van der Waals surface area contributed by atoms with Crippen molar-refractivity contribution in [3.05, 3.63) is 83.9 Å². The highest BCUT2D eigenvalue weighted by Gasteiger charge is 2.20. The normalized spacial score (nSPS) is 12.1. The van der Waals surface area contributed by atoms with Gasteiger partial charge in [0.15, 0.2) is 6.10 Å². The van der Waals surface area contributed by atoms with E-state index in [1.165, 1.54) is 12.1 Å². The lowest BCUT2D eigenvalue weighted by Gasteiger charge is -2.18. The third-order valence-corrected chi connectivity index (χ3v) is 6.13. The molecule has 0 heterocycles. The van der Waals surface area contributed by atoms with Gasteiger partial charge in [-0.1, -0.05) is 37.3 Å². The van der Waals surface area contributed by atoms with Crippen LogP contribution in [0.2, 0.25) is 0 Å². The van der Waals surface area contributed by atoms with Crippen LogP contribution >= 0.6 is 0 Å². The molecule has 7 heteroatoms. The van der Waals surface area contributed by atoms with E-state index < -0.39 is 16.1 Å². The molecule has 0 bridgehead atoms. The van der Waals surface area contributed by atoms with Crippen LogP contribution in [0.5, 0.6) is 5.75 Å². The SMILES string of the molecule is CC[C@H](Oc1ccccc1C)C(=O)Nc1ccc(S(=O)(=O)Nc2cccc(C)c2)cc1. The predicted octanol–water partition coefficient (Wildman–Crippen LogP) is 4.90. The van der Waals surface area contributed by atoms with Crippen LogP contribution in [0.15, 0.2) is 77.7 Å². The smallest absolute Gasteiger partial charge is 0.265 e. The minimum absolute atomic E-state index is 0.107. The number of benzene rings is 3. The van der Waals surface area contributed by atoms with E-state index in [1.807, 2.05) is 51.1 Å². The van der Waals surface area contributed by atoms with Crippen LogP contribution in [0, 0.1) is 13.8 Å². The van der Waals surface area contributed by atoms with Gasteiger partial charge in [0.1, 0.15) is 5.75 Å². The molecule has 0 aliphatic rings. The van der Waals surface area contributed by atoms with Crippen molar-refractivity contribution in [1.82, 2.24) is 0 Å². The molecule has 0 saturated heterocycles. The number of para-hydroxylation sites is 1. The number of nitrogens with one attached hydrogen (secondary N) is 2. The molecule has 6 nitrogen and oxygen atoms in total. The Labute approximate surface area is 183 Å². The second kappa shape index (κ2) is 9.66. The van der Waals surface area contributed by atoms with E-state index in [4.69, 9.17) is 4.74 Å². The molecular formula is C24H26N2O4S. The van der Waals surface area contributed by atoms with Crippen molar-refractivity contribution in [3.8, 4) is 5.75 Å². The number of hydrogen-bond donors (Lipinski definition) is 2. The van der Waals surface area contributed by atoms with Gasteiger partial charge >= 0.3 is 0 Å². The molecule has 1 amide bonds. The minimum atomic E-state index is -3.73. The number of carbonyl (C=O) groups is 1. The van der Waals surface area contributed by atoms with Gasteiger partial charge in [0.2, 0.25) is 0 Å². The Kier molecular flexibility index (Phi) is 6.97. The molecule has 0 fully saturated rings. The Bertz CT molecular complexity index is 1160. The Balaban J connectivity index is 1.67. The summed E-state index contributed by atoms with van der Waals surface area (Å²) in [6, 6.07) is 20.7. The molecule has 0 spiro atoms. The fourth-order valence-corrected chi connectivity index (χ4v) is 4.08. The first kappa shape index (κ1) is 22.4. The molecule has 0 aromatic heterocycles. The van der Waals surface area contributed by atoms with Crippen LogP contribution < -0.4 is 14.8 Å². The molecule has 0 unspecified atom stereocenters. The molecule has 3 aromatic carbocycles. The quantitative estimate of drug-likeness (QED) is 0.524. The van der Waals surface area contributed by atoms with Gasteiger partial charge in [-0.25, -0.2) is 8.42 Å². The highest BCUT2D eigenvalue weighted by Crippen LogP contribution is 2.21. The molecule has 0 aliphatic carbocycles. The number of aryl methyl sites for hydroxylation is 2. The van der Waals surface area contributed by atoms with Crippen molar-refractivity contribution >= 4 is 27.3 Å². The Morgan fingerprint density at radius 2 is 1.65 bits per heavy atom. The molecule has 162 valence electrons. The molecule has 0 radical (unpaired) electrons. The summed E-state index contributed by atoms with van der Waals surface area (Å²) in [4.78, 5) is 12.8. The van der Waals surface area contributed by atoms with Crippen LogP contribution in [0.25, 0.3) is 0 Å². The van der Waals surface area contributed by atoms with Crippen LogP contribution in [-0.2, 0) is 14.8 Å². The Morgan fingerprint density at radius 3 is 2.29 bits per heavy atom. The zero-order valence-corrected chi connectivity index (χ0v) is 18.6. The molecule has 2 N–H and O–H groups in total. The first-order chi connectivity index (χ1) is 14.8. The van der Waals surface area contributed by atoms with E-state index in [0.29, 0.717) is 23.5 Å². The maximum atomic E-state index is 12.6. The Hall–Kier alpha value is -3.32. The van der Waals surface area contributed by atoms with Crippen molar-refractivity contribution < 1.29 is 17.9 Å². The lowest BCUT2D eigenvalue weighted by atomic mass is 10.2. The first-order valence-corrected chi connectivity index (χ1v) is 11.5. The third kappa shape index (κ3) is 5.86. The van der Waals surface area contributed by atoms with Crippen molar-refractivity contribution in [2.75, 3.05) is 10.0 Å². The standard InChI is InChI=1S/C24H26N2O4S/c1-4-22(30-23-11-6-5-9-18(23)3)24(27)25-19-12-14-21(15-13-19)31(28,29)26-20-10-7-8-17(2)16-20/h5-16,22,26H,4H2,1-3H3,(H,25,27)/t22-/m0/s1. The highest BCUT2D eigenvalue weighted by molar-refractivity contribution is 7.92. The summed E-state index contributed by atoms with van der Waals surface area (Å²) >= 11 is 0. The topological polar surface area (TPSA) is 84.5 Å². The number of sulfonamides is 1. The zero-order valence-electron chi connectivity index (χ0n) is 17.8. The maximum Gasteiger partial charge on any atom is 0.265 e. The third-order valence-electron chi connectivity index (χ3n) is 4.73. The monoisotopic (exact) mass is 438 g/mol. The fourth-order valence-electron chi connectivity index (χ4n) is 3.03. The first-order valence-electron chi connectivity index (χ1n) is 10.0. The van der Waals surface area contributed by atoms with Gasteiger partial charge in [0.05, 0.1) is 4.90 Å². The second-order valence-electron chi connectivity index (χ2n) is 7.27. The van der Waals surface area contributed by atoms with Gasteiger partial charge in [0.25, 0.3) is 15.9 Å². The van der Waals surface area contributed by atoms with Gasteiger partial charge in [-0.3, -0.25) is 9.52 Å². The minimum Gasteiger partial charge on any atom is -0.480 e. The average Bonchev–Trinajstić information content (AvgIpc) is 2.73. The van der Waals surface area contributed by atoms with Crippen LogP contribution in [0.3, 0.4) is 0 Å². The number of anilines is 2. The van der Waals surface area contributed by atoms with E-state index >= 15 is 0 Å². The van der Waals surface area contributed by atoms with Gasteiger partial charge < -0.3 is 10.1 Å². The maximum absolute atomic E-state index is 12.6. The predicted molar refractivity (Wildman–Crippen MR) is 123 cm³/mol. The molecule has 31 heavy (non-hydrogen) atoms. The summed E-state index contributed by atoms with van der Waals surface area (Å²) in [6.45, 7) is 5.68. The summed E-state index contributed by atoms with van der Waals surface area (Å²) in [5.74, 6) is 0.368. The van der Waals surface area contributed by atoms with Crippen molar-refractivity contribution in [3.63, 3.8) is 0 Å². The molecule has 0 aliphatic heterocycles. The van der Waals surface area contributed by atoms with E-state index in [-0.39, 0.29) is 10.8 Å². The van der Waals surface area contributed by atoms with E-state index in [1.54, 1.807) is 30.3 Å². The van der Waals surface area contributed by atoms with Crippen LogP contribution in [0.4, 0.5) is 11.4 Å². The molecule has 1 atom stereocenters. The van der Waals surface area contributed by atoms with Gasteiger partial charge in [0, 0.05) is 11.4 Å². The number of hydrogen-bond acceptors (Lipinski definition) is 4. The molecule has 3 rings (SSSR count). The summed E-state index contributed by atoms with van der Waals surface area (Å²) in [7, 11) is -3.73. The van der Waals surface area contributed by atoms with Gasteiger partial charge in [-0.2, -0.15) is 0 Å². The summed E-state index contributed by atoms with van der Waals surface area (Å²) < 4.78 is 33.7. The lowest BCUT2D eigenvalue weighted by molar-refractivity contribution is -0.122. The van der Waals surface area contributed by atoms with Crippen LogP contribution in [-0.4, -0.2) is 20.4 Å². The molecular weight excluding hydrogens is 412 g/mol. The van der Waals surface area contributed by atoms with Gasteiger partial charge in [-0.15, -0.1) is 0 Å². The summed E-state index contributed by atoms with van der Waals surface area (Å²) in [5, 5.41) is 2.79. The number of carbonyl (C=O) groups excluding carboxylic acids is 1. The van der Waals surface area contributed by atoms with Crippen LogP contribution in [0.1, 0.15) is 24.5 Å². The van der Waals surface area contributed by atoms with Gasteiger partial charge in [-0.05, 0) is 73.9 Å². The average molecular weight is 439 g/mol.